The summed E-state index contributed by atoms with van der Waals surface area (Å²) < 4.78 is 2.04. The summed E-state index contributed by atoms with van der Waals surface area (Å²) in [5, 5.41) is 3.17. The summed E-state index contributed by atoms with van der Waals surface area (Å²) >= 11 is 0. The zero-order valence-corrected chi connectivity index (χ0v) is 17.0. The molecule has 0 unspecified atom stereocenters. The Kier molecular flexibility index (Phi) is 5.09. The fourth-order valence-electron chi connectivity index (χ4n) is 3.98. The number of nitrogens with one attached hydrogen (secondary N) is 1. The molecule has 2 atom stereocenters. The first-order chi connectivity index (χ1) is 14.0. The quantitative estimate of drug-likeness (QED) is 0.726. The summed E-state index contributed by atoms with van der Waals surface area (Å²) in [6, 6.07) is 17.2. The second-order valence-electron chi connectivity index (χ2n) is 7.99. The van der Waals surface area contributed by atoms with Gasteiger partial charge in [0.25, 0.3) is 0 Å². The summed E-state index contributed by atoms with van der Waals surface area (Å²) in [7, 11) is 1.97. The molecule has 2 heterocycles. The van der Waals surface area contributed by atoms with Gasteiger partial charge in [-0.05, 0) is 30.2 Å². The Labute approximate surface area is 170 Å². The van der Waals surface area contributed by atoms with Crippen LogP contribution in [0, 0.1) is 11.8 Å². The van der Waals surface area contributed by atoms with Crippen molar-refractivity contribution in [1.82, 2.24) is 14.9 Å². The molecule has 1 N–H and O–H groups in total. The highest BCUT2D eigenvalue weighted by atomic mass is 16.2. The SMILES string of the molecule is CC(C)[C@H](NC(=O)[C@@H]1CC(=O)N(c2ccccc2)C1)c1nc2ccccc2n1C. The van der Waals surface area contributed by atoms with Crippen molar-refractivity contribution in [2.24, 2.45) is 18.9 Å². The number of carbonyl (C=O) groups is 2. The summed E-state index contributed by atoms with van der Waals surface area (Å²) in [6.45, 7) is 4.54. The van der Waals surface area contributed by atoms with Gasteiger partial charge in [-0.15, -0.1) is 0 Å². The van der Waals surface area contributed by atoms with E-state index in [1.807, 2.05) is 66.2 Å². The largest absolute Gasteiger partial charge is 0.346 e. The third-order valence-corrected chi connectivity index (χ3v) is 5.63. The number of aromatic nitrogens is 2. The Morgan fingerprint density at radius 2 is 1.79 bits per heavy atom. The van der Waals surface area contributed by atoms with Crippen LogP contribution in [0.1, 0.15) is 32.1 Å². The first-order valence-corrected chi connectivity index (χ1v) is 10.0. The van der Waals surface area contributed by atoms with Gasteiger partial charge in [-0.25, -0.2) is 4.98 Å². The van der Waals surface area contributed by atoms with Crippen molar-refractivity contribution in [2.45, 2.75) is 26.3 Å². The van der Waals surface area contributed by atoms with Gasteiger partial charge in [0, 0.05) is 25.7 Å². The monoisotopic (exact) mass is 390 g/mol. The number of aryl methyl sites for hydroxylation is 1. The molecule has 1 aliphatic rings. The van der Waals surface area contributed by atoms with Gasteiger partial charge >= 0.3 is 0 Å². The molecule has 0 saturated carbocycles. The van der Waals surface area contributed by atoms with E-state index in [9.17, 15) is 9.59 Å². The van der Waals surface area contributed by atoms with Crippen LogP contribution in [0.2, 0.25) is 0 Å². The van der Waals surface area contributed by atoms with Crippen LogP contribution in [0.25, 0.3) is 11.0 Å². The van der Waals surface area contributed by atoms with Crippen molar-refractivity contribution in [1.29, 1.82) is 0 Å². The van der Waals surface area contributed by atoms with Crippen LogP contribution < -0.4 is 10.2 Å². The predicted molar refractivity (Wildman–Crippen MR) is 113 cm³/mol. The molecule has 1 aliphatic heterocycles. The zero-order valence-electron chi connectivity index (χ0n) is 17.0. The van der Waals surface area contributed by atoms with Crippen LogP contribution in [0.5, 0.6) is 0 Å². The molecule has 2 aromatic carbocycles. The number of carbonyl (C=O) groups excluding carboxylic acids is 2. The third kappa shape index (κ3) is 3.62. The molecule has 0 spiro atoms. The summed E-state index contributed by atoms with van der Waals surface area (Å²) in [6.07, 6.45) is 0.230. The van der Waals surface area contributed by atoms with Crippen molar-refractivity contribution in [3.05, 3.63) is 60.4 Å². The summed E-state index contributed by atoms with van der Waals surface area (Å²) in [5.74, 6) is 0.525. The second kappa shape index (κ2) is 7.70. The fourth-order valence-corrected chi connectivity index (χ4v) is 3.98. The third-order valence-electron chi connectivity index (χ3n) is 5.63. The standard InChI is InChI=1S/C23H26N4O2/c1-15(2)21(22-24-18-11-7-8-12-19(18)26(22)3)25-23(29)16-13-20(28)27(14-16)17-9-5-4-6-10-17/h4-12,15-16,21H,13-14H2,1-3H3,(H,25,29)/t16-,21+/m1/s1. The molecular weight excluding hydrogens is 364 g/mol. The van der Waals surface area contributed by atoms with Gasteiger partial charge in [-0.3, -0.25) is 9.59 Å². The highest BCUT2D eigenvalue weighted by molar-refractivity contribution is 6.00. The van der Waals surface area contributed by atoms with Crippen molar-refractivity contribution in [2.75, 3.05) is 11.4 Å². The average Bonchev–Trinajstić information content (AvgIpc) is 3.27. The molecular formula is C23H26N4O2. The Morgan fingerprint density at radius 3 is 2.48 bits per heavy atom. The predicted octanol–water partition coefficient (Wildman–Crippen LogP) is 3.44. The lowest BCUT2D eigenvalue weighted by Crippen LogP contribution is -2.38. The minimum atomic E-state index is -0.362. The minimum Gasteiger partial charge on any atom is -0.346 e. The Balaban J connectivity index is 1.54. The van der Waals surface area contributed by atoms with E-state index in [1.54, 1.807) is 4.90 Å². The van der Waals surface area contributed by atoms with Crippen LogP contribution in [0.4, 0.5) is 5.69 Å². The number of rotatable bonds is 5. The van der Waals surface area contributed by atoms with E-state index in [-0.39, 0.29) is 36.1 Å². The van der Waals surface area contributed by atoms with E-state index in [1.165, 1.54) is 0 Å². The topological polar surface area (TPSA) is 67.2 Å². The first kappa shape index (κ1) is 19.2. The second-order valence-corrected chi connectivity index (χ2v) is 7.99. The van der Waals surface area contributed by atoms with Gasteiger partial charge < -0.3 is 14.8 Å². The highest BCUT2D eigenvalue weighted by Crippen LogP contribution is 2.28. The molecule has 4 rings (SSSR count). The van der Waals surface area contributed by atoms with Crippen molar-refractivity contribution >= 4 is 28.5 Å². The molecule has 2 amide bonds. The first-order valence-electron chi connectivity index (χ1n) is 10.0. The van der Waals surface area contributed by atoms with Crippen LogP contribution in [0.15, 0.2) is 54.6 Å². The number of hydrogen-bond donors (Lipinski definition) is 1. The summed E-state index contributed by atoms with van der Waals surface area (Å²) in [5.41, 5.74) is 2.79. The van der Waals surface area contributed by atoms with Gasteiger partial charge in [0.15, 0.2) is 0 Å². The maximum atomic E-state index is 13.1. The smallest absolute Gasteiger partial charge is 0.227 e. The molecule has 6 nitrogen and oxygen atoms in total. The van der Waals surface area contributed by atoms with E-state index < -0.39 is 0 Å². The van der Waals surface area contributed by atoms with Gasteiger partial charge in [0.1, 0.15) is 5.82 Å². The van der Waals surface area contributed by atoms with Crippen molar-refractivity contribution in [3.63, 3.8) is 0 Å². The number of amides is 2. The van der Waals surface area contributed by atoms with Crippen LogP contribution in [-0.4, -0.2) is 27.9 Å². The molecule has 3 aromatic rings. The van der Waals surface area contributed by atoms with Gasteiger partial charge in [-0.2, -0.15) is 0 Å². The molecule has 6 heteroatoms. The lowest BCUT2D eigenvalue weighted by Gasteiger charge is -2.24. The molecule has 0 radical (unpaired) electrons. The average molecular weight is 390 g/mol. The van der Waals surface area contributed by atoms with Gasteiger partial charge in [0.2, 0.25) is 11.8 Å². The van der Waals surface area contributed by atoms with Crippen molar-refractivity contribution in [3.8, 4) is 0 Å². The molecule has 1 saturated heterocycles. The number of anilines is 1. The summed E-state index contributed by atoms with van der Waals surface area (Å²) in [4.78, 5) is 32.0. The lowest BCUT2D eigenvalue weighted by atomic mass is 10.0. The van der Waals surface area contributed by atoms with E-state index in [0.717, 1.165) is 22.5 Å². The molecule has 0 aliphatic carbocycles. The number of hydrogen-bond acceptors (Lipinski definition) is 3. The van der Waals surface area contributed by atoms with E-state index in [4.69, 9.17) is 4.98 Å². The van der Waals surface area contributed by atoms with E-state index >= 15 is 0 Å². The Bertz CT molecular complexity index is 1040. The molecule has 150 valence electrons. The highest BCUT2D eigenvalue weighted by Gasteiger charge is 2.36. The van der Waals surface area contributed by atoms with E-state index in [0.29, 0.717) is 6.54 Å². The van der Waals surface area contributed by atoms with E-state index in [2.05, 4.69) is 19.2 Å². The molecule has 29 heavy (non-hydrogen) atoms. The zero-order chi connectivity index (χ0) is 20.5. The molecule has 1 fully saturated rings. The lowest BCUT2D eigenvalue weighted by molar-refractivity contribution is -0.127. The van der Waals surface area contributed by atoms with Gasteiger partial charge in [0.05, 0.1) is 23.0 Å². The fraction of sp³-hybridized carbons (Fsp3) is 0.348. The van der Waals surface area contributed by atoms with Crippen LogP contribution in [-0.2, 0) is 16.6 Å². The number of imidazole rings is 1. The molecule has 0 bridgehead atoms. The number of fused-ring (bicyclic) bond motifs is 1. The normalized spacial score (nSPS) is 17.9. The maximum Gasteiger partial charge on any atom is 0.227 e. The Morgan fingerprint density at radius 1 is 1.10 bits per heavy atom. The van der Waals surface area contributed by atoms with Crippen LogP contribution in [0.3, 0.4) is 0 Å². The van der Waals surface area contributed by atoms with Gasteiger partial charge in [-0.1, -0.05) is 44.2 Å². The Hall–Kier alpha value is -3.15. The molecule has 1 aromatic heterocycles. The van der Waals surface area contributed by atoms with Crippen molar-refractivity contribution < 1.29 is 9.59 Å². The number of para-hydroxylation sites is 3. The maximum absolute atomic E-state index is 13.1. The van der Waals surface area contributed by atoms with Crippen LogP contribution >= 0.6 is 0 Å². The number of benzene rings is 2. The number of nitrogens with zero attached hydrogens (tertiary/aromatic N) is 3. The minimum absolute atomic E-state index is 0.0137.